The predicted molar refractivity (Wildman–Crippen MR) is 72.5 cm³/mol. The van der Waals surface area contributed by atoms with Gasteiger partial charge in [-0.05, 0) is 30.3 Å². The zero-order valence-electron chi connectivity index (χ0n) is 9.70. The molecule has 2 rings (SSSR count). The molecule has 1 unspecified atom stereocenters. The van der Waals surface area contributed by atoms with Gasteiger partial charge in [-0.25, -0.2) is 8.78 Å². The monoisotopic (exact) mass is 322 g/mol. The number of benzene rings is 2. The molecule has 96 valence electrons. The van der Waals surface area contributed by atoms with Crippen molar-refractivity contribution in [2.45, 2.75) is 6.04 Å². The molecular formula is C14H9BrF2N2. The van der Waals surface area contributed by atoms with Gasteiger partial charge in [-0.3, -0.25) is 0 Å². The van der Waals surface area contributed by atoms with E-state index >= 15 is 0 Å². The van der Waals surface area contributed by atoms with Crippen LogP contribution in [0.1, 0.15) is 11.6 Å². The number of nitriles is 1. The number of hydrogen-bond donors (Lipinski definition) is 1. The van der Waals surface area contributed by atoms with Gasteiger partial charge in [0.05, 0.1) is 6.07 Å². The summed E-state index contributed by atoms with van der Waals surface area (Å²) in [6.07, 6.45) is 0. The quantitative estimate of drug-likeness (QED) is 0.908. The van der Waals surface area contributed by atoms with Crippen LogP contribution in [0.25, 0.3) is 0 Å². The molecular weight excluding hydrogens is 314 g/mol. The Labute approximate surface area is 117 Å². The van der Waals surface area contributed by atoms with Crippen molar-refractivity contribution in [3.05, 3.63) is 64.1 Å². The molecule has 0 aliphatic carbocycles. The van der Waals surface area contributed by atoms with E-state index in [1.165, 1.54) is 6.07 Å². The fourth-order valence-electron chi connectivity index (χ4n) is 1.63. The van der Waals surface area contributed by atoms with E-state index in [0.29, 0.717) is 5.69 Å². The smallest absolute Gasteiger partial charge is 0.143 e. The largest absolute Gasteiger partial charge is 0.366 e. The summed E-state index contributed by atoms with van der Waals surface area (Å²) in [7, 11) is 0. The average molecular weight is 323 g/mol. The lowest BCUT2D eigenvalue weighted by Gasteiger charge is -2.14. The molecule has 19 heavy (non-hydrogen) atoms. The number of anilines is 1. The van der Waals surface area contributed by atoms with E-state index in [1.54, 1.807) is 24.3 Å². The minimum Gasteiger partial charge on any atom is -0.366 e. The maximum absolute atomic E-state index is 13.6. The molecule has 2 nitrogen and oxygen atoms in total. The minimum atomic E-state index is -0.873. The molecule has 0 aromatic heterocycles. The molecule has 0 saturated heterocycles. The molecule has 1 atom stereocenters. The standard InChI is InChI=1S/C14H9BrF2N2/c15-9-1-4-11(5-2-9)19-14(8-18)12-6-3-10(16)7-13(12)17/h1-7,14,19H. The lowest BCUT2D eigenvalue weighted by Crippen LogP contribution is -2.10. The van der Waals surface area contributed by atoms with Crippen LogP contribution in [0.3, 0.4) is 0 Å². The van der Waals surface area contributed by atoms with Crippen molar-refractivity contribution in [2.24, 2.45) is 0 Å². The summed E-state index contributed by atoms with van der Waals surface area (Å²) in [5, 5.41) is 12.0. The maximum atomic E-state index is 13.6. The Balaban J connectivity index is 2.25. The van der Waals surface area contributed by atoms with Gasteiger partial charge >= 0.3 is 0 Å². The lowest BCUT2D eigenvalue weighted by molar-refractivity contribution is 0.570. The minimum absolute atomic E-state index is 0.117. The Morgan fingerprint density at radius 1 is 1.11 bits per heavy atom. The van der Waals surface area contributed by atoms with E-state index in [4.69, 9.17) is 5.26 Å². The van der Waals surface area contributed by atoms with E-state index in [-0.39, 0.29) is 5.56 Å². The van der Waals surface area contributed by atoms with Gasteiger partial charge in [0.25, 0.3) is 0 Å². The Morgan fingerprint density at radius 3 is 2.37 bits per heavy atom. The van der Waals surface area contributed by atoms with Crippen molar-refractivity contribution >= 4 is 21.6 Å². The van der Waals surface area contributed by atoms with Gasteiger partial charge < -0.3 is 5.32 Å². The Kier molecular flexibility index (Phi) is 4.13. The van der Waals surface area contributed by atoms with Gasteiger partial charge in [0, 0.05) is 21.8 Å². The van der Waals surface area contributed by atoms with Crippen LogP contribution in [0.15, 0.2) is 46.9 Å². The zero-order valence-corrected chi connectivity index (χ0v) is 11.3. The SMILES string of the molecule is N#CC(Nc1ccc(Br)cc1)c1ccc(F)cc1F. The van der Waals surface area contributed by atoms with Crippen LogP contribution in [-0.4, -0.2) is 0 Å². The fraction of sp³-hybridized carbons (Fsp3) is 0.0714. The molecule has 0 bridgehead atoms. The third-order valence-electron chi connectivity index (χ3n) is 2.56. The Hall–Kier alpha value is -1.93. The van der Waals surface area contributed by atoms with E-state index < -0.39 is 17.7 Å². The third-order valence-corrected chi connectivity index (χ3v) is 3.09. The molecule has 0 radical (unpaired) electrons. The van der Waals surface area contributed by atoms with Crippen LogP contribution in [0.2, 0.25) is 0 Å². The first-order chi connectivity index (χ1) is 9.10. The second-order valence-corrected chi connectivity index (χ2v) is 4.79. The summed E-state index contributed by atoms with van der Waals surface area (Å²) in [6.45, 7) is 0. The normalized spacial score (nSPS) is 11.7. The molecule has 0 aliphatic rings. The summed E-state index contributed by atoms with van der Waals surface area (Å²) >= 11 is 3.30. The van der Waals surface area contributed by atoms with Gasteiger partial charge in [0.2, 0.25) is 0 Å². The van der Waals surface area contributed by atoms with Gasteiger partial charge in [-0.1, -0.05) is 22.0 Å². The van der Waals surface area contributed by atoms with E-state index in [0.717, 1.165) is 16.6 Å². The third kappa shape index (κ3) is 3.30. The molecule has 0 aliphatic heterocycles. The lowest BCUT2D eigenvalue weighted by atomic mass is 10.1. The molecule has 0 spiro atoms. The van der Waals surface area contributed by atoms with E-state index in [1.807, 2.05) is 6.07 Å². The molecule has 5 heteroatoms. The molecule has 1 N–H and O–H groups in total. The topological polar surface area (TPSA) is 35.8 Å². The van der Waals surface area contributed by atoms with Gasteiger partial charge in [-0.15, -0.1) is 0 Å². The van der Waals surface area contributed by atoms with Crippen molar-refractivity contribution in [3.8, 4) is 6.07 Å². The summed E-state index contributed by atoms with van der Waals surface area (Å²) in [4.78, 5) is 0. The van der Waals surface area contributed by atoms with Crippen molar-refractivity contribution in [3.63, 3.8) is 0 Å². The molecule has 0 fully saturated rings. The van der Waals surface area contributed by atoms with Crippen molar-refractivity contribution in [2.75, 3.05) is 5.32 Å². The van der Waals surface area contributed by atoms with Crippen LogP contribution >= 0.6 is 15.9 Å². The summed E-state index contributed by atoms with van der Waals surface area (Å²) < 4.78 is 27.4. The highest BCUT2D eigenvalue weighted by Crippen LogP contribution is 2.23. The maximum Gasteiger partial charge on any atom is 0.143 e. The number of hydrogen-bond acceptors (Lipinski definition) is 2. The van der Waals surface area contributed by atoms with E-state index in [9.17, 15) is 8.78 Å². The number of nitrogens with zero attached hydrogens (tertiary/aromatic N) is 1. The molecule has 0 saturated carbocycles. The average Bonchev–Trinajstić information content (AvgIpc) is 2.39. The second-order valence-electron chi connectivity index (χ2n) is 3.88. The first-order valence-corrected chi connectivity index (χ1v) is 6.26. The van der Waals surface area contributed by atoms with Crippen molar-refractivity contribution in [1.82, 2.24) is 0 Å². The molecule has 2 aromatic carbocycles. The zero-order chi connectivity index (χ0) is 13.8. The highest BCUT2D eigenvalue weighted by Gasteiger charge is 2.15. The van der Waals surface area contributed by atoms with Crippen LogP contribution in [0.5, 0.6) is 0 Å². The highest BCUT2D eigenvalue weighted by molar-refractivity contribution is 9.10. The summed E-state index contributed by atoms with van der Waals surface area (Å²) in [5.41, 5.74) is 0.797. The van der Waals surface area contributed by atoms with Crippen LogP contribution < -0.4 is 5.32 Å². The van der Waals surface area contributed by atoms with Crippen LogP contribution in [-0.2, 0) is 0 Å². The number of nitrogens with one attached hydrogen (secondary N) is 1. The Bertz CT molecular complexity index is 620. The predicted octanol–water partition coefficient (Wildman–Crippen LogP) is 4.40. The second kappa shape index (κ2) is 5.81. The van der Waals surface area contributed by atoms with Crippen LogP contribution in [0, 0.1) is 23.0 Å². The molecule has 2 aromatic rings. The van der Waals surface area contributed by atoms with Crippen LogP contribution in [0.4, 0.5) is 14.5 Å². The van der Waals surface area contributed by atoms with E-state index in [2.05, 4.69) is 21.2 Å². The number of rotatable bonds is 3. The number of halogens is 3. The van der Waals surface area contributed by atoms with Gasteiger partial charge in [0.15, 0.2) is 0 Å². The van der Waals surface area contributed by atoms with Gasteiger partial charge in [-0.2, -0.15) is 5.26 Å². The summed E-state index contributed by atoms with van der Waals surface area (Å²) in [6, 6.07) is 11.4. The molecule has 0 amide bonds. The Morgan fingerprint density at radius 2 is 1.79 bits per heavy atom. The first-order valence-electron chi connectivity index (χ1n) is 5.47. The highest BCUT2D eigenvalue weighted by atomic mass is 79.9. The van der Waals surface area contributed by atoms with Crippen molar-refractivity contribution < 1.29 is 8.78 Å². The summed E-state index contributed by atoms with van der Waals surface area (Å²) in [5.74, 6) is -1.40. The van der Waals surface area contributed by atoms with Crippen molar-refractivity contribution in [1.29, 1.82) is 5.26 Å². The fourth-order valence-corrected chi connectivity index (χ4v) is 1.89. The van der Waals surface area contributed by atoms with Gasteiger partial charge in [0.1, 0.15) is 17.7 Å². The molecule has 0 heterocycles. The first kappa shape index (κ1) is 13.5.